The Labute approximate surface area is 196 Å². The highest BCUT2D eigenvalue weighted by Gasteiger charge is 2.15. The van der Waals surface area contributed by atoms with E-state index in [2.05, 4.69) is 49.2 Å². The Morgan fingerprint density at radius 2 is 1.85 bits per heavy atom. The van der Waals surface area contributed by atoms with E-state index in [1.807, 2.05) is 53.3 Å². The van der Waals surface area contributed by atoms with Crippen LogP contribution >= 0.6 is 0 Å². The Hall–Kier alpha value is -4.17. The van der Waals surface area contributed by atoms with Crippen LogP contribution in [0, 0.1) is 0 Å². The molecular formula is C26H25N7O. The second kappa shape index (κ2) is 8.31. The number of amides is 1. The lowest BCUT2D eigenvalue weighted by Gasteiger charge is -2.34. The minimum Gasteiger partial charge on any atom is -0.369 e. The van der Waals surface area contributed by atoms with Crippen LogP contribution in [0.4, 0.5) is 11.4 Å². The van der Waals surface area contributed by atoms with Crippen LogP contribution in [0.25, 0.3) is 27.8 Å². The van der Waals surface area contributed by atoms with Crippen molar-refractivity contribution in [2.45, 2.75) is 0 Å². The highest BCUT2D eigenvalue weighted by molar-refractivity contribution is 6.07. The standard InChI is InChI=1S/C26H25N7O/c1-31-10-12-32(13-11-31)21-5-3-20(4-6-21)30-26(34)19-14-22-23(16-29-25(22)28-15-19)18-2-7-24-27-8-9-33(24)17-18/h2-9,14-17H,10-13H2,1H3,(H,28,29)(H,30,34). The second-order valence-electron chi connectivity index (χ2n) is 8.72. The van der Waals surface area contributed by atoms with Crippen LogP contribution in [0.1, 0.15) is 10.4 Å². The van der Waals surface area contributed by atoms with E-state index in [1.165, 1.54) is 5.69 Å². The number of pyridine rings is 2. The Morgan fingerprint density at radius 1 is 1.03 bits per heavy atom. The number of rotatable bonds is 4. The number of benzene rings is 1. The predicted molar refractivity (Wildman–Crippen MR) is 134 cm³/mol. The van der Waals surface area contributed by atoms with Gasteiger partial charge >= 0.3 is 0 Å². The zero-order valence-corrected chi connectivity index (χ0v) is 18.9. The summed E-state index contributed by atoms with van der Waals surface area (Å²) < 4.78 is 1.98. The van der Waals surface area contributed by atoms with Gasteiger partial charge in [0.2, 0.25) is 0 Å². The summed E-state index contributed by atoms with van der Waals surface area (Å²) >= 11 is 0. The summed E-state index contributed by atoms with van der Waals surface area (Å²) in [4.78, 5) is 29.7. The average molecular weight is 452 g/mol. The zero-order chi connectivity index (χ0) is 23.1. The van der Waals surface area contributed by atoms with Crippen LogP contribution in [-0.2, 0) is 0 Å². The number of hydrogen-bond donors (Lipinski definition) is 2. The van der Waals surface area contributed by atoms with Gasteiger partial charge in [0.25, 0.3) is 5.91 Å². The van der Waals surface area contributed by atoms with Crippen molar-refractivity contribution >= 4 is 34.0 Å². The number of anilines is 2. The average Bonchev–Trinajstić information content (AvgIpc) is 3.51. The molecule has 4 aromatic heterocycles. The number of carbonyl (C=O) groups excluding carboxylic acids is 1. The summed E-state index contributed by atoms with van der Waals surface area (Å²) in [6.07, 6.45) is 9.25. The van der Waals surface area contributed by atoms with E-state index in [0.29, 0.717) is 5.56 Å². The second-order valence-corrected chi connectivity index (χ2v) is 8.72. The topological polar surface area (TPSA) is 81.6 Å². The fourth-order valence-electron chi connectivity index (χ4n) is 4.47. The number of H-pyrrole nitrogens is 1. The third kappa shape index (κ3) is 3.78. The highest BCUT2D eigenvalue weighted by atomic mass is 16.1. The lowest BCUT2D eigenvalue weighted by atomic mass is 10.1. The van der Waals surface area contributed by atoms with Gasteiger partial charge in [-0.3, -0.25) is 4.79 Å². The number of aromatic amines is 1. The van der Waals surface area contributed by atoms with Gasteiger partial charge in [-0.25, -0.2) is 9.97 Å². The normalized spacial score (nSPS) is 14.7. The fourth-order valence-corrected chi connectivity index (χ4v) is 4.47. The number of piperazine rings is 1. The van der Waals surface area contributed by atoms with E-state index in [4.69, 9.17) is 0 Å². The minimum atomic E-state index is -0.182. The van der Waals surface area contributed by atoms with Gasteiger partial charge in [0.15, 0.2) is 0 Å². The molecule has 0 atom stereocenters. The first kappa shape index (κ1) is 20.4. The Balaban J connectivity index is 1.22. The molecule has 1 fully saturated rings. The third-order valence-corrected chi connectivity index (χ3v) is 6.49. The molecule has 6 rings (SSSR count). The van der Waals surface area contributed by atoms with Crippen molar-refractivity contribution in [2.24, 2.45) is 0 Å². The van der Waals surface area contributed by atoms with Crippen LogP contribution in [0.15, 0.2) is 73.4 Å². The van der Waals surface area contributed by atoms with Gasteiger partial charge in [-0.15, -0.1) is 0 Å². The number of imidazole rings is 1. The predicted octanol–water partition coefficient (Wildman–Crippen LogP) is 3.88. The van der Waals surface area contributed by atoms with Crippen LogP contribution in [0.5, 0.6) is 0 Å². The van der Waals surface area contributed by atoms with Crippen molar-refractivity contribution in [3.05, 3.63) is 79.0 Å². The number of likely N-dealkylation sites (N-methyl/N-ethyl adjacent to an activating group) is 1. The van der Waals surface area contributed by atoms with Crippen molar-refractivity contribution in [1.82, 2.24) is 24.3 Å². The number of aromatic nitrogens is 4. The van der Waals surface area contributed by atoms with Crippen LogP contribution in [0.3, 0.4) is 0 Å². The molecule has 5 heterocycles. The molecule has 0 saturated carbocycles. The van der Waals surface area contributed by atoms with Crippen molar-refractivity contribution < 1.29 is 4.79 Å². The molecule has 170 valence electrons. The number of fused-ring (bicyclic) bond motifs is 2. The number of nitrogens with one attached hydrogen (secondary N) is 2. The molecular weight excluding hydrogens is 426 g/mol. The van der Waals surface area contributed by atoms with Gasteiger partial charge in [-0.2, -0.15) is 0 Å². The minimum absolute atomic E-state index is 0.182. The van der Waals surface area contributed by atoms with E-state index in [9.17, 15) is 4.79 Å². The van der Waals surface area contributed by atoms with Crippen molar-refractivity contribution in [3.63, 3.8) is 0 Å². The fraction of sp³-hybridized carbons (Fsp3) is 0.192. The first-order valence-corrected chi connectivity index (χ1v) is 11.4. The van der Waals surface area contributed by atoms with E-state index in [0.717, 1.165) is 59.7 Å². The summed E-state index contributed by atoms with van der Waals surface area (Å²) in [5.41, 5.74) is 6.11. The molecule has 1 saturated heterocycles. The molecule has 5 aromatic rings. The molecule has 0 unspecified atom stereocenters. The molecule has 0 bridgehead atoms. The third-order valence-electron chi connectivity index (χ3n) is 6.49. The van der Waals surface area contributed by atoms with E-state index >= 15 is 0 Å². The summed E-state index contributed by atoms with van der Waals surface area (Å²) in [6, 6.07) is 13.9. The van der Waals surface area contributed by atoms with Crippen LogP contribution in [-0.4, -0.2) is 63.4 Å². The maximum atomic E-state index is 13.0. The van der Waals surface area contributed by atoms with Gasteiger partial charge in [-0.05, 0) is 49.5 Å². The molecule has 1 amide bonds. The lowest BCUT2D eigenvalue weighted by Crippen LogP contribution is -2.44. The number of hydrogen-bond acceptors (Lipinski definition) is 5. The molecule has 0 aliphatic carbocycles. The van der Waals surface area contributed by atoms with Gasteiger partial charge in [0.05, 0.1) is 5.56 Å². The van der Waals surface area contributed by atoms with Crippen LogP contribution in [0.2, 0.25) is 0 Å². The Morgan fingerprint density at radius 3 is 2.68 bits per heavy atom. The lowest BCUT2D eigenvalue weighted by molar-refractivity contribution is 0.102. The molecule has 34 heavy (non-hydrogen) atoms. The van der Waals surface area contributed by atoms with E-state index < -0.39 is 0 Å². The molecule has 8 nitrogen and oxygen atoms in total. The summed E-state index contributed by atoms with van der Waals surface area (Å²) in [7, 11) is 2.15. The van der Waals surface area contributed by atoms with Gasteiger partial charge in [-0.1, -0.05) is 0 Å². The smallest absolute Gasteiger partial charge is 0.257 e. The summed E-state index contributed by atoms with van der Waals surface area (Å²) in [5.74, 6) is -0.182. The van der Waals surface area contributed by atoms with Gasteiger partial charge in [0.1, 0.15) is 11.3 Å². The Kier molecular flexibility index (Phi) is 5.00. The first-order chi connectivity index (χ1) is 16.6. The molecule has 0 spiro atoms. The summed E-state index contributed by atoms with van der Waals surface area (Å²) in [5, 5.41) is 3.90. The van der Waals surface area contributed by atoms with Gasteiger partial charge < -0.3 is 24.5 Å². The van der Waals surface area contributed by atoms with Crippen LogP contribution < -0.4 is 10.2 Å². The monoisotopic (exact) mass is 451 g/mol. The molecule has 1 aliphatic heterocycles. The van der Waals surface area contributed by atoms with E-state index in [1.54, 1.807) is 12.4 Å². The van der Waals surface area contributed by atoms with E-state index in [-0.39, 0.29) is 5.91 Å². The van der Waals surface area contributed by atoms with Crippen molar-refractivity contribution in [3.8, 4) is 11.1 Å². The zero-order valence-electron chi connectivity index (χ0n) is 18.9. The molecule has 1 aromatic carbocycles. The Bertz CT molecular complexity index is 1480. The van der Waals surface area contributed by atoms with Gasteiger partial charge in [0, 0.05) is 85.1 Å². The maximum Gasteiger partial charge on any atom is 0.257 e. The van der Waals surface area contributed by atoms with Crippen molar-refractivity contribution in [1.29, 1.82) is 0 Å². The summed E-state index contributed by atoms with van der Waals surface area (Å²) in [6.45, 7) is 4.15. The SMILES string of the molecule is CN1CCN(c2ccc(NC(=O)c3cnc4[nH]cc(-c5ccc6nccn6c5)c4c3)cc2)CC1. The maximum absolute atomic E-state index is 13.0. The number of nitrogens with zero attached hydrogens (tertiary/aromatic N) is 5. The molecule has 0 radical (unpaired) electrons. The molecule has 2 N–H and O–H groups in total. The molecule has 8 heteroatoms. The van der Waals surface area contributed by atoms with Crippen molar-refractivity contribution in [2.75, 3.05) is 43.4 Å². The molecule has 1 aliphatic rings. The first-order valence-electron chi connectivity index (χ1n) is 11.4. The largest absolute Gasteiger partial charge is 0.369 e. The quantitative estimate of drug-likeness (QED) is 0.433. The highest BCUT2D eigenvalue weighted by Crippen LogP contribution is 2.29. The number of carbonyl (C=O) groups is 1.